The van der Waals surface area contributed by atoms with Gasteiger partial charge in [-0.25, -0.2) is 0 Å². The molecule has 1 heterocycles. The van der Waals surface area contributed by atoms with E-state index in [-0.39, 0.29) is 4.87 Å². The van der Waals surface area contributed by atoms with Gasteiger partial charge >= 0.3 is 4.87 Å². The number of nitrogens with two attached hydrogens (primary N) is 1. The van der Waals surface area contributed by atoms with Gasteiger partial charge in [0.15, 0.2) is 0 Å². The molecule has 0 spiro atoms. The minimum Gasteiger partial charge on any atom is -0.389 e. The van der Waals surface area contributed by atoms with Crippen molar-refractivity contribution in [1.29, 1.82) is 0 Å². The molecule has 4 nitrogen and oxygen atoms in total. The maximum atomic E-state index is 11.0. The highest BCUT2D eigenvalue weighted by atomic mass is 32.1. The van der Waals surface area contributed by atoms with Crippen LogP contribution in [0.1, 0.15) is 16.8 Å². The lowest BCUT2D eigenvalue weighted by atomic mass is 10.1. The number of benzene rings is 1. The number of anilines is 1. The Hall–Kier alpha value is -1.66. The number of hydrogen-bond acceptors (Lipinski definition) is 4. The second-order valence-corrected chi connectivity index (χ2v) is 5.17. The SMILES string of the molecule is Cc1cccc(C(N)=S)c1NCc1csc(=O)[nH]1. The number of aryl methyl sites for hydroxylation is 1. The van der Waals surface area contributed by atoms with Crippen molar-refractivity contribution < 1.29 is 0 Å². The highest BCUT2D eigenvalue weighted by Crippen LogP contribution is 2.21. The Bertz CT molecular complexity index is 630. The zero-order chi connectivity index (χ0) is 13.1. The van der Waals surface area contributed by atoms with E-state index in [2.05, 4.69) is 10.3 Å². The fraction of sp³-hybridized carbons (Fsp3) is 0.167. The minimum absolute atomic E-state index is 0.0499. The summed E-state index contributed by atoms with van der Waals surface area (Å²) < 4.78 is 0. The highest BCUT2D eigenvalue weighted by molar-refractivity contribution is 7.80. The van der Waals surface area contributed by atoms with Gasteiger partial charge in [-0.2, -0.15) is 0 Å². The molecule has 2 rings (SSSR count). The van der Waals surface area contributed by atoms with Gasteiger partial charge in [0.25, 0.3) is 0 Å². The van der Waals surface area contributed by atoms with Crippen LogP contribution < -0.4 is 15.9 Å². The lowest BCUT2D eigenvalue weighted by Gasteiger charge is -2.13. The average Bonchev–Trinajstić information content (AvgIpc) is 2.73. The number of thiazole rings is 1. The fourth-order valence-corrected chi connectivity index (χ4v) is 2.44. The number of para-hydroxylation sites is 1. The van der Waals surface area contributed by atoms with Gasteiger partial charge in [-0.15, -0.1) is 0 Å². The van der Waals surface area contributed by atoms with Gasteiger partial charge in [0.1, 0.15) is 4.99 Å². The summed E-state index contributed by atoms with van der Waals surface area (Å²) in [5.41, 5.74) is 9.34. The summed E-state index contributed by atoms with van der Waals surface area (Å²) in [5, 5.41) is 5.06. The molecule has 0 amide bonds. The summed E-state index contributed by atoms with van der Waals surface area (Å²) in [6.45, 7) is 2.53. The Labute approximate surface area is 114 Å². The van der Waals surface area contributed by atoms with Gasteiger partial charge in [0, 0.05) is 22.3 Å². The molecule has 18 heavy (non-hydrogen) atoms. The van der Waals surface area contributed by atoms with Crippen LogP contribution in [0.3, 0.4) is 0 Å². The summed E-state index contributed by atoms with van der Waals surface area (Å²) in [4.78, 5) is 14.1. The molecule has 0 bridgehead atoms. The van der Waals surface area contributed by atoms with E-state index in [1.165, 1.54) is 0 Å². The second-order valence-electron chi connectivity index (χ2n) is 3.89. The Morgan fingerprint density at radius 1 is 1.56 bits per heavy atom. The Morgan fingerprint density at radius 2 is 2.33 bits per heavy atom. The van der Waals surface area contributed by atoms with Crippen molar-refractivity contribution in [2.24, 2.45) is 5.73 Å². The summed E-state index contributed by atoms with van der Waals surface area (Å²) in [7, 11) is 0. The van der Waals surface area contributed by atoms with Crippen LogP contribution >= 0.6 is 23.6 Å². The molecule has 0 saturated heterocycles. The van der Waals surface area contributed by atoms with Gasteiger partial charge in [0.05, 0.1) is 6.54 Å². The third kappa shape index (κ3) is 2.77. The van der Waals surface area contributed by atoms with Gasteiger partial charge in [-0.1, -0.05) is 35.7 Å². The van der Waals surface area contributed by atoms with Gasteiger partial charge in [-0.3, -0.25) is 4.79 Å². The van der Waals surface area contributed by atoms with E-state index in [0.29, 0.717) is 11.5 Å². The minimum atomic E-state index is -0.0499. The predicted octanol–water partition coefficient (Wildman–Crippen LogP) is 1.99. The summed E-state index contributed by atoms with van der Waals surface area (Å²) >= 11 is 6.18. The van der Waals surface area contributed by atoms with E-state index < -0.39 is 0 Å². The molecule has 0 aliphatic heterocycles. The normalized spacial score (nSPS) is 10.3. The van der Waals surface area contributed by atoms with Crippen molar-refractivity contribution >= 4 is 34.2 Å². The van der Waals surface area contributed by atoms with Crippen molar-refractivity contribution in [1.82, 2.24) is 4.98 Å². The van der Waals surface area contributed by atoms with Crippen LogP contribution in [0.15, 0.2) is 28.4 Å². The maximum absolute atomic E-state index is 11.0. The van der Waals surface area contributed by atoms with Crippen LogP contribution in [0.25, 0.3) is 0 Å². The molecule has 1 aromatic carbocycles. The second kappa shape index (κ2) is 5.32. The first kappa shape index (κ1) is 12.8. The van der Waals surface area contributed by atoms with Crippen LogP contribution in [0.4, 0.5) is 5.69 Å². The predicted molar refractivity (Wildman–Crippen MR) is 79.3 cm³/mol. The van der Waals surface area contributed by atoms with Crippen LogP contribution in [-0.2, 0) is 6.54 Å². The number of thiocarbonyl (C=S) groups is 1. The maximum Gasteiger partial charge on any atom is 0.304 e. The molecule has 94 valence electrons. The topological polar surface area (TPSA) is 70.9 Å². The van der Waals surface area contributed by atoms with Crippen LogP contribution in [0.2, 0.25) is 0 Å². The number of H-pyrrole nitrogens is 1. The first-order chi connectivity index (χ1) is 8.58. The molecular formula is C12H13N3OS2. The van der Waals surface area contributed by atoms with E-state index in [1.807, 2.05) is 25.1 Å². The zero-order valence-corrected chi connectivity index (χ0v) is 11.5. The standard InChI is InChI=1S/C12H13N3OS2/c1-7-3-2-4-9(11(13)17)10(7)14-5-8-6-18-12(16)15-8/h2-4,6,14H,5H2,1H3,(H2,13,17)(H,15,16). The van der Waals surface area contributed by atoms with E-state index in [1.54, 1.807) is 5.38 Å². The van der Waals surface area contributed by atoms with Gasteiger partial charge in [-0.05, 0) is 18.6 Å². The highest BCUT2D eigenvalue weighted by Gasteiger charge is 2.07. The Balaban J connectivity index is 2.23. The third-order valence-electron chi connectivity index (χ3n) is 2.56. The van der Waals surface area contributed by atoms with E-state index in [9.17, 15) is 4.79 Å². The molecule has 4 N–H and O–H groups in total. The quantitative estimate of drug-likeness (QED) is 0.749. The monoisotopic (exact) mass is 279 g/mol. The molecule has 2 aromatic rings. The average molecular weight is 279 g/mol. The van der Waals surface area contributed by atoms with Gasteiger partial charge < -0.3 is 16.0 Å². The summed E-state index contributed by atoms with van der Waals surface area (Å²) in [6, 6.07) is 5.79. The van der Waals surface area contributed by atoms with Crippen molar-refractivity contribution in [3.63, 3.8) is 0 Å². The molecule has 0 atom stereocenters. The molecule has 6 heteroatoms. The van der Waals surface area contributed by atoms with Crippen LogP contribution in [0, 0.1) is 6.92 Å². The molecule has 0 fully saturated rings. The summed E-state index contributed by atoms with van der Waals surface area (Å²) in [6.07, 6.45) is 0. The lowest BCUT2D eigenvalue weighted by Crippen LogP contribution is -2.14. The van der Waals surface area contributed by atoms with Crippen LogP contribution in [0.5, 0.6) is 0 Å². The number of aromatic amines is 1. The summed E-state index contributed by atoms with van der Waals surface area (Å²) in [5.74, 6) is 0. The van der Waals surface area contributed by atoms with Crippen molar-refractivity contribution in [3.05, 3.63) is 50.1 Å². The molecule has 0 aliphatic rings. The van der Waals surface area contributed by atoms with E-state index in [4.69, 9.17) is 18.0 Å². The van der Waals surface area contributed by atoms with Crippen molar-refractivity contribution in [3.8, 4) is 0 Å². The van der Waals surface area contributed by atoms with Crippen LogP contribution in [-0.4, -0.2) is 9.97 Å². The largest absolute Gasteiger partial charge is 0.389 e. The molecule has 1 aromatic heterocycles. The fourth-order valence-electron chi connectivity index (χ4n) is 1.69. The Kier molecular flexibility index (Phi) is 3.78. The molecule has 0 unspecified atom stereocenters. The van der Waals surface area contributed by atoms with E-state index in [0.717, 1.165) is 33.8 Å². The number of rotatable bonds is 4. The zero-order valence-electron chi connectivity index (χ0n) is 9.82. The van der Waals surface area contributed by atoms with Gasteiger partial charge in [0.2, 0.25) is 0 Å². The molecular weight excluding hydrogens is 266 g/mol. The van der Waals surface area contributed by atoms with Crippen molar-refractivity contribution in [2.45, 2.75) is 13.5 Å². The number of hydrogen-bond donors (Lipinski definition) is 3. The lowest BCUT2D eigenvalue weighted by molar-refractivity contribution is 1.05. The first-order valence-corrected chi connectivity index (χ1v) is 6.66. The molecule has 0 aliphatic carbocycles. The third-order valence-corrected chi connectivity index (χ3v) is 3.50. The Morgan fingerprint density at radius 3 is 2.94 bits per heavy atom. The van der Waals surface area contributed by atoms with Crippen molar-refractivity contribution in [2.75, 3.05) is 5.32 Å². The number of aromatic nitrogens is 1. The smallest absolute Gasteiger partial charge is 0.304 e. The number of nitrogens with one attached hydrogen (secondary N) is 2. The molecule has 0 radical (unpaired) electrons. The molecule has 0 saturated carbocycles. The van der Waals surface area contributed by atoms with E-state index >= 15 is 0 Å². The first-order valence-electron chi connectivity index (χ1n) is 5.38.